The van der Waals surface area contributed by atoms with Crippen molar-refractivity contribution in [2.75, 3.05) is 33.4 Å². The summed E-state index contributed by atoms with van der Waals surface area (Å²) < 4.78 is 17.2. The molecule has 6 bridgehead atoms. The van der Waals surface area contributed by atoms with Crippen molar-refractivity contribution >= 4 is 11.8 Å². The van der Waals surface area contributed by atoms with Gasteiger partial charge < -0.3 is 24.4 Å². The van der Waals surface area contributed by atoms with Crippen LogP contribution >= 0.6 is 0 Å². The van der Waals surface area contributed by atoms with Gasteiger partial charge >= 0.3 is 0 Å². The predicted octanol–water partition coefficient (Wildman–Crippen LogP) is 3.76. The number of methoxy groups -OCH3 is 1. The minimum Gasteiger partial charge on any atom is -0.496 e. The van der Waals surface area contributed by atoms with Gasteiger partial charge in [0.1, 0.15) is 17.2 Å². The van der Waals surface area contributed by atoms with Crippen LogP contribution in [0.2, 0.25) is 0 Å². The van der Waals surface area contributed by atoms with Gasteiger partial charge in [0.25, 0.3) is 11.8 Å². The van der Waals surface area contributed by atoms with Gasteiger partial charge in [0.05, 0.1) is 25.3 Å². The predicted molar refractivity (Wildman–Crippen MR) is 131 cm³/mol. The molecule has 35 heavy (non-hydrogen) atoms. The Labute approximate surface area is 204 Å². The molecule has 2 amide bonds. The highest BCUT2D eigenvalue weighted by atomic mass is 16.5. The highest BCUT2D eigenvalue weighted by Crippen LogP contribution is 2.39. The van der Waals surface area contributed by atoms with E-state index in [2.05, 4.69) is 5.32 Å². The molecule has 0 unspecified atom stereocenters. The minimum absolute atomic E-state index is 0.0411. The normalized spacial score (nSPS) is 17.7. The van der Waals surface area contributed by atoms with Crippen LogP contribution in [-0.2, 0) is 11.2 Å². The molecule has 1 N–H and O–H groups in total. The molecule has 180 valence electrons. The van der Waals surface area contributed by atoms with Crippen molar-refractivity contribution in [1.29, 1.82) is 0 Å². The molecule has 7 nitrogen and oxygen atoms in total. The van der Waals surface area contributed by atoms with Crippen LogP contribution in [-0.4, -0.2) is 50.1 Å². The third kappa shape index (κ3) is 4.80. The van der Waals surface area contributed by atoms with Gasteiger partial charge in [-0.25, -0.2) is 0 Å². The molecule has 0 saturated carbocycles. The average molecular weight is 473 g/mol. The fraction of sp³-hybridized carbons (Fsp3) is 0.286. The second kappa shape index (κ2) is 10.1. The average Bonchev–Trinajstić information content (AvgIpc) is 2.90. The lowest BCUT2D eigenvalue weighted by Crippen LogP contribution is -2.40. The molecule has 0 saturated heterocycles. The second-order valence-electron chi connectivity index (χ2n) is 8.63. The summed E-state index contributed by atoms with van der Waals surface area (Å²) in [5.74, 6) is 1.68. The van der Waals surface area contributed by atoms with E-state index in [4.69, 9.17) is 14.2 Å². The standard InChI is InChI=1S/C28H28N2O5/c1-33-25-9-3-2-8-24(25)28(32)30-14-12-19-16-22-10-11-23(19)27(30)20-6-4-7-21(17-20)34-15-5-13-29-26(31)18-35-22/h2-4,6-11,16-17,27H,5,12-15,18H2,1H3,(H,29,31)/t27-/m0/s1. The van der Waals surface area contributed by atoms with E-state index in [1.807, 2.05) is 59.5 Å². The number of rotatable bonds is 2. The molecule has 0 spiro atoms. The maximum absolute atomic E-state index is 13.8. The Morgan fingerprint density at radius 2 is 1.89 bits per heavy atom. The van der Waals surface area contributed by atoms with Crippen LogP contribution in [0.25, 0.3) is 0 Å². The number of carbonyl (C=O) groups is 2. The number of ether oxygens (including phenoxy) is 3. The van der Waals surface area contributed by atoms with Gasteiger partial charge in [-0.05, 0) is 65.9 Å². The molecule has 3 aliphatic heterocycles. The molecule has 3 aliphatic rings. The number of fused-ring (bicyclic) bond motifs is 8. The zero-order chi connectivity index (χ0) is 24.2. The lowest BCUT2D eigenvalue weighted by Gasteiger charge is -2.38. The van der Waals surface area contributed by atoms with Crippen molar-refractivity contribution in [2.45, 2.75) is 18.9 Å². The molecule has 3 heterocycles. The minimum atomic E-state index is -0.301. The molecule has 0 aliphatic carbocycles. The quantitative estimate of drug-likeness (QED) is 0.615. The number of nitrogens with one attached hydrogen (secondary N) is 1. The number of amides is 2. The number of para-hydroxylation sites is 1. The van der Waals surface area contributed by atoms with E-state index in [1.54, 1.807) is 19.2 Å². The number of benzene rings is 3. The van der Waals surface area contributed by atoms with Crippen LogP contribution < -0.4 is 19.5 Å². The molecule has 0 aromatic heterocycles. The molecule has 7 heteroatoms. The van der Waals surface area contributed by atoms with Crippen LogP contribution in [0.4, 0.5) is 0 Å². The van der Waals surface area contributed by atoms with Gasteiger partial charge in [-0.2, -0.15) is 0 Å². The SMILES string of the molecule is COc1ccccc1C(=O)N1CCc2cc3ccc2[C@@H]1c1cccc(c1)OCCCNC(=O)CO3. The topological polar surface area (TPSA) is 77.1 Å². The van der Waals surface area contributed by atoms with E-state index >= 15 is 0 Å². The summed E-state index contributed by atoms with van der Waals surface area (Å²) in [4.78, 5) is 27.8. The lowest BCUT2D eigenvalue weighted by atomic mass is 9.87. The fourth-order valence-electron chi connectivity index (χ4n) is 4.71. The molecule has 1 atom stereocenters. The Morgan fingerprint density at radius 1 is 1.03 bits per heavy atom. The maximum atomic E-state index is 13.8. The summed E-state index contributed by atoms with van der Waals surface area (Å²) in [6.07, 6.45) is 1.35. The van der Waals surface area contributed by atoms with Crippen LogP contribution in [0.1, 0.15) is 39.5 Å². The van der Waals surface area contributed by atoms with Crippen LogP contribution in [0.3, 0.4) is 0 Å². The van der Waals surface area contributed by atoms with Crippen molar-refractivity contribution in [3.05, 3.63) is 89.0 Å². The summed E-state index contributed by atoms with van der Waals surface area (Å²) in [5, 5.41) is 2.85. The first-order chi connectivity index (χ1) is 17.1. The van der Waals surface area contributed by atoms with E-state index in [0.29, 0.717) is 49.6 Å². The first kappa shape index (κ1) is 22.8. The van der Waals surface area contributed by atoms with Gasteiger partial charge in [0.15, 0.2) is 6.61 Å². The van der Waals surface area contributed by atoms with Gasteiger partial charge in [0, 0.05) is 13.1 Å². The summed E-state index contributed by atoms with van der Waals surface area (Å²) in [7, 11) is 1.58. The monoisotopic (exact) mass is 472 g/mol. The Balaban J connectivity index is 1.59. The molecule has 0 radical (unpaired) electrons. The van der Waals surface area contributed by atoms with Gasteiger partial charge in [-0.15, -0.1) is 0 Å². The Morgan fingerprint density at radius 3 is 2.77 bits per heavy atom. The first-order valence-corrected chi connectivity index (χ1v) is 11.8. The third-order valence-corrected chi connectivity index (χ3v) is 6.40. The molecule has 3 aromatic rings. The van der Waals surface area contributed by atoms with Crippen LogP contribution in [0.15, 0.2) is 66.7 Å². The molecule has 0 fully saturated rings. The largest absolute Gasteiger partial charge is 0.496 e. The Bertz CT molecular complexity index is 1240. The van der Waals surface area contributed by atoms with Crippen molar-refractivity contribution in [2.24, 2.45) is 0 Å². The van der Waals surface area contributed by atoms with Gasteiger partial charge in [-0.3, -0.25) is 9.59 Å². The van der Waals surface area contributed by atoms with Crippen LogP contribution in [0.5, 0.6) is 17.2 Å². The first-order valence-electron chi connectivity index (χ1n) is 11.8. The van der Waals surface area contributed by atoms with Gasteiger partial charge in [0.2, 0.25) is 0 Å². The van der Waals surface area contributed by atoms with Crippen LogP contribution in [0, 0.1) is 0 Å². The Hall–Kier alpha value is -4.00. The Kier molecular flexibility index (Phi) is 6.57. The smallest absolute Gasteiger partial charge is 0.258 e. The molecule has 6 rings (SSSR count). The summed E-state index contributed by atoms with van der Waals surface area (Å²) in [6.45, 7) is 1.47. The number of hydrogen-bond acceptors (Lipinski definition) is 5. The highest BCUT2D eigenvalue weighted by molar-refractivity contribution is 5.97. The van der Waals surface area contributed by atoms with Crippen molar-refractivity contribution < 1.29 is 23.8 Å². The van der Waals surface area contributed by atoms with Crippen molar-refractivity contribution in [1.82, 2.24) is 10.2 Å². The van der Waals surface area contributed by atoms with Crippen molar-refractivity contribution in [3.63, 3.8) is 0 Å². The summed E-state index contributed by atoms with van der Waals surface area (Å²) >= 11 is 0. The van der Waals surface area contributed by atoms with E-state index < -0.39 is 0 Å². The maximum Gasteiger partial charge on any atom is 0.258 e. The molecule has 3 aromatic carbocycles. The lowest BCUT2D eigenvalue weighted by molar-refractivity contribution is -0.123. The van der Waals surface area contributed by atoms with Crippen molar-refractivity contribution in [3.8, 4) is 17.2 Å². The molecular formula is C28H28N2O5. The van der Waals surface area contributed by atoms with E-state index in [0.717, 1.165) is 22.4 Å². The van der Waals surface area contributed by atoms with E-state index in [9.17, 15) is 9.59 Å². The number of nitrogens with zero attached hydrogens (tertiary/aromatic N) is 1. The zero-order valence-corrected chi connectivity index (χ0v) is 19.7. The van der Waals surface area contributed by atoms with Gasteiger partial charge in [-0.1, -0.05) is 30.3 Å². The second-order valence-corrected chi connectivity index (χ2v) is 8.63. The summed E-state index contributed by atoms with van der Waals surface area (Å²) in [5.41, 5.74) is 3.63. The van der Waals surface area contributed by atoms with E-state index in [-0.39, 0.29) is 24.5 Å². The number of carbonyl (C=O) groups excluding carboxylic acids is 2. The summed E-state index contributed by atoms with van der Waals surface area (Å²) in [6, 6.07) is 20.7. The van der Waals surface area contributed by atoms with E-state index in [1.165, 1.54) is 0 Å². The molecular weight excluding hydrogens is 444 g/mol. The fourth-order valence-corrected chi connectivity index (χ4v) is 4.71. The number of hydrogen-bond donors (Lipinski definition) is 1. The third-order valence-electron chi connectivity index (χ3n) is 6.40. The highest BCUT2D eigenvalue weighted by Gasteiger charge is 2.34. The zero-order valence-electron chi connectivity index (χ0n) is 19.7.